The van der Waals surface area contributed by atoms with Gasteiger partial charge in [0.15, 0.2) is 11.5 Å². The number of esters is 1. The molecular formula is C25H21NO7S. The second-order valence-electron chi connectivity index (χ2n) is 7.21. The lowest BCUT2D eigenvalue weighted by molar-refractivity contribution is -0.123. The highest BCUT2D eigenvalue weighted by Gasteiger charge is 2.35. The van der Waals surface area contributed by atoms with E-state index in [0.29, 0.717) is 29.4 Å². The van der Waals surface area contributed by atoms with Crippen molar-refractivity contribution in [3.63, 3.8) is 0 Å². The van der Waals surface area contributed by atoms with Crippen molar-refractivity contribution < 1.29 is 33.0 Å². The van der Waals surface area contributed by atoms with Gasteiger partial charge in [-0.1, -0.05) is 36.4 Å². The Morgan fingerprint density at radius 1 is 1.03 bits per heavy atom. The number of carbonyl (C=O) groups excluding carboxylic acids is 3. The summed E-state index contributed by atoms with van der Waals surface area (Å²) in [6.07, 6.45) is 1.63. The highest BCUT2D eigenvalue weighted by Crippen LogP contribution is 2.35. The number of ether oxygens (including phenoxy) is 3. The van der Waals surface area contributed by atoms with Crippen molar-refractivity contribution in [2.75, 3.05) is 14.2 Å². The predicted octanol–water partition coefficient (Wildman–Crippen LogP) is 4.89. The smallest absolute Gasteiger partial charge is 0.373 e. The second-order valence-corrected chi connectivity index (χ2v) is 8.20. The second kappa shape index (κ2) is 10.3. The number of thioether (sulfide) groups is 1. The van der Waals surface area contributed by atoms with Gasteiger partial charge in [-0.15, -0.1) is 0 Å². The molecule has 1 aliphatic rings. The number of rotatable bonds is 8. The Balaban J connectivity index is 1.50. The van der Waals surface area contributed by atoms with Crippen molar-refractivity contribution in [1.82, 2.24) is 4.90 Å². The van der Waals surface area contributed by atoms with Gasteiger partial charge in [0.1, 0.15) is 12.4 Å². The van der Waals surface area contributed by atoms with Gasteiger partial charge in [-0.25, -0.2) is 4.79 Å². The van der Waals surface area contributed by atoms with E-state index in [1.165, 1.54) is 19.2 Å². The third-order valence-corrected chi connectivity index (χ3v) is 5.87. The molecule has 0 N–H and O–H groups in total. The van der Waals surface area contributed by atoms with E-state index < -0.39 is 17.1 Å². The topological polar surface area (TPSA) is 95.3 Å². The molecule has 0 unspecified atom stereocenters. The molecule has 9 heteroatoms. The summed E-state index contributed by atoms with van der Waals surface area (Å²) < 4.78 is 21.3. The Hall–Kier alpha value is -3.98. The molecule has 0 aliphatic carbocycles. The van der Waals surface area contributed by atoms with E-state index in [1.54, 1.807) is 31.4 Å². The van der Waals surface area contributed by atoms with Crippen LogP contribution in [0.5, 0.6) is 11.5 Å². The first-order valence-corrected chi connectivity index (χ1v) is 11.1. The Morgan fingerprint density at radius 3 is 2.56 bits per heavy atom. The van der Waals surface area contributed by atoms with Crippen LogP contribution in [0.2, 0.25) is 0 Å². The van der Waals surface area contributed by atoms with Gasteiger partial charge in [0.25, 0.3) is 11.1 Å². The average molecular weight is 480 g/mol. The predicted molar refractivity (Wildman–Crippen MR) is 125 cm³/mol. The summed E-state index contributed by atoms with van der Waals surface area (Å²) in [6, 6.07) is 17.9. The highest BCUT2D eigenvalue weighted by molar-refractivity contribution is 8.18. The summed E-state index contributed by atoms with van der Waals surface area (Å²) in [7, 11) is 2.79. The lowest BCUT2D eigenvalue weighted by Gasteiger charge is -2.12. The van der Waals surface area contributed by atoms with Crippen LogP contribution in [0.4, 0.5) is 4.79 Å². The molecule has 8 nitrogen and oxygen atoms in total. The summed E-state index contributed by atoms with van der Waals surface area (Å²) >= 11 is 0.833. The first-order valence-electron chi connectivity index (χ1n) is 10.3. The van der Waals surface area contributed by atoms with Crippen LogP contribution in [0.15, 0.2) is 70.0 Å². The van der Waals surface area contributed by atoms with Crippen molar-refractivity contribution in [2.24, 2.45) is 0 Å². The molecule has 1 fully saturated rings. The van der Waals surface area contributed by atoms with Crippen LogP contribution in [0, 0.1) is 0 Å². The molecule has 34 heavy (non-hydrogen) atoms. The summed E-state index contributed by atoms with van der Waals surface area (Å²) in [5.41, 5.74) is 1.68. The minimum atomic E-state index is -0.634. The molecule has 1 saturated heterocycles. The highest BCUT2D eigenvalue weighted by atomic mass is 32.2. The van der Waals surface area contributed by atoms with Crippen molar-refractivity contribution in [3.05, 3.63) is 88.2 Å². The fourth-order valence-electron chi connectivity index (χ4n) is 3.25. The van der Waals surface area contributed by atoms with Gasteiger partial charge < -0.3 is 18.6 Å². The van der Waals surface area contributed by atoms with Crippen LogP contribution in [0.1, 0.15) is 27.4 Å². The molecule has 2 heterocycles. The standard InChI is InChI=1S/C25H21NO7S/c1-30-19-10-8-17(12-21(19)32-15-16-6-4-3-5-7-16)13-22-23(27)26(25(29)34-22)14-18-9-11-20(33-18)24(28)31-2/h3-13H,14-15H2,1-2H3. The SMILES string of the molecule is COC(=O)c1ccc(CN2C(=O)SC(=Cc3ccc(OC)c(OCc4ccccc4)c3)C2=O)o1. The lowest BCUT2D eigenvalue weighted by Crippen LogP contribution is -2.27. The van der Waals surface area contributed by atoms with Gasteiger partial charge in [-0.05, 0) is 53.2 Å². The van der Waals surface area contributed by atoms with Crippen molar-refractivity contribution in [1.29, 1.82) is 0 Å². The van der Waals surface area contributed by atoms with Crippen LogP contribution in [0.3, 0.4) is 0 Å². The normalized spacial score (nSPS) is 14.5. The minimum absolute atomic E-state index is 0.00118. The Bertz CT molecular complexity index is 1250. The molecule has 1 aliphatic heterocycles. The van der Waals surface area contributed by atoms with E-state index in [2.05, 4.69) is 4.74 Å². The number of amides is 2. The number of furan rings is 1. The molecule has 2 amide bonds. The third kappa shape index (κ3) is 5.15. The summed E-state index contributed by atoms with van der Waals surface area (Å²) in [5.74, 6) is 0.288. The molecule has 0 radical (unpaired) electrons. The number of imide groups is 1. The van der Waals surface area contributed by atoms with Gasteiger partial charge in [0.05, 0.1) is 25.7 Å². The molecule has 174 valence electrons. The van der Waals surface area contributed by atoms with Gasteiger partial charge >= 0.3 is 5.97 Å². The maximum Gasteiger partial charge on any atom is 0.373 e. The zero-order chi connectivity index (χ0) is 24.1. The van der Waals surface area contributed by atoms with E-state index >= 15 is 0 Å². The van der Waals surface area contributed by atoms with Gasteiger partial charge in [-0.3, -0.25) is 14.5 Å². The third-order valence-electron chi connectivity index (χ3n) is 4.96. The van der Waals surface area contributed by atoms with Crippen LogP contribution in [-0.4, -0.2) is 36.2 Å². The molecule has 3 aromatic rings. The van der Waals surface area contributed by atoms with E-state index in [9.17, 15) is 14.4 Å². The molecule has 0 spiro atoms. The van der Waals surface area contributed by atoms with Crippen LogP contribution in [0.25, 0.3) is 6.08 Å². The van der Waals surface area contributed by atoms with Gasteiger partial charge in [0.2, 0.25) is 5.76 Å². The summed E-state index contributed by atoms with van der Waals surface area (Å²) in [6.45, 7) is 0.265. The molecule has 0 bridgehead atoms. The van der Waals surface area contributed by atoms with E-state index in [1.807, 2.05) is 30.3 Å². The van der Waals surface area contributed by atoms with Crippen molar-refractivity contribution in [2.45, 2.75) is 13.2 Å². The van der Waals surface area contributed by atoms with Crippen LogP contribution in [-0.2, 0) is 22.7 Å². The number of nitrogens with zero attached hydrogens (tertiary/aromatic N) is 1. The zero-order valence-corrected chi connectivity index (χ0v) is 19.3. The quantitative estimate of drug-likeness (QED) is 0.333. The van der Waals surface area contributed by atoms with Gasteiger partial charge in [-0.2, -0.15) is 0 Å². The van der Waals surface area contributed by atoms with Crippen molar-refractivity contribution in [3.8, 4) is 11.5 Å². The van der Waals surface area contributed by atoms with Crippen LogP contribution >= 0.6 is 11.8 Å². The number of benzene rings is 2. The number of hydrogen-bond acceptors (Lipinski definition) is 8. The molecule has 0 atom stereocenters. The van der Waals surface area contributed by atoms with E-state index in [4.69, 9.17) is 13.9 Å². The molecule has 4 rings (SSSR count). The van der Waals surface area contributed by atoms with Crippen molar-refractivity contribution >= 4 is 35.0 Å². The molecule has 0 saturated carbocycles. The zero-order valence-electron chi connectivity index (χ0n) is 18.5. The average Bonchev–Trinajstić information content (AvgIpc) is 3.43. The number of methoxy groups -OCH3 is 2. The van der Waals surface area contributed by atoms with E-state index in [0.717, 1.165) is 22.2 Å². The van der Waals surface area contributed by atoms with Crippen LogP contribution < -0.4 is 9.47 Å². The molecular weight excluding hydrogens is 458 g/mol. The maximum atomic E-state index is 12.9. The fraction of sp³-hybridized carbons (Fsp3) is 0.160. The van der Waals surface area contributed by atoms with Gasteiger partial charge in [0, 0.05) is 0 Å². The monoisotopic (exact) mass is 479 g/mol. The first-order chi connectivity index (χ1) is 16.5. The Kier molecular flexibility index (Phi) is 7.03. The lowest BCUT2D eigenvalue weighted by atomic mass is 10.1. The van der Waals surface area contributed by atoms with E-state index in [-0.39, 0.29) is 17.2 Å². The number of carbonyl (C=O) groups is 3. The number of hydrogen-bond donors (Lipinski definition) is 0. The largest absolute Gasteiger partial charge is 0.493 e. The molecule has 1 aromatic heterocycles. The minimum Gasteiger partial charge on any atom is -0.493 e. The summed E-state index contributed by atoms with van der Waals surface area (Å²) in [5, 5.41) is -0.429. The first kappa shape index (κ1) is 23.2. The Morgan fingerprint density at radius 2 is 1.82 bits per heavy atom. The maximum absolute atomic E-state index is 12.9. The fourth-order valence-corrected chi connectivity index (χ4v) is 4.09. The molecule has 2 aromatic carbocycles. The summed E-state index contributed by atoms with van der Waals surface area (Å²) in [4.78, 5) is 38.2. The Labute approximate surface area is 200 Å².